The lowest BCUT2D eigenvalue weighted by molar-refractivity contribution is -0.0543. The van der Waals surface area contributed by atoms with E-state index in [1.54, 1.807) is 0 Å². The molecule has 0 aromatic carbocycles. The highest BCUT2D eigenvalue weighted by Gasteiger charge is 2.24. The van der Waals surface area contributed by atoms with Crippen LogP contribution < -0.4 is 5.73 Å². The van der Waals surface area contributed by atoms with Gasteiger partial charge in [-0.2, -0.15) is 0 Å². The Morgan fingerprint density at radius 2 is 2.18 bits per heavy atom. The van der Waals surface area contributed by atoms with Crippen LogP contribution >= 0.6 is 0 Å². The van der Waals surface area contributed by atoms with Gasteiger partial charge in [-0.3, -0.25) is 0 Å². The Hall–Kier alpha value is -0.0800. The van der Waals surface area contributed by atoms with Crippen LogP contribution in [0.2, 0.25) is 0 Å². The van der Waals surface area contributed by atoms with Crippen molar-refractivity contribution in [3.05, 3.63) is 0 Å². The fourth-order valence-corrected chi connectivity index (χ4v) is 1.62. The molecule has 2 nitrogen and oxygen atoms in total. The summed E-state index contributed by atoms with van der Waals surface area (Å²) in [6.07, 6.45) is 5.43. The van der Waals surface area contributed by atoms with E-state index >= 15 is 0 Å². The molecule has 0 aliphatic carbocycles. The maximum absolute atomic E-state index is 5.81. The summed E-state index contributed by atoms with van der Waals surface area (Å²) in [7, 11) is 0. The Morgan fingerprint density at radius 1 is 1.45 bits per heavy atom. The van der Waals surface area contributed by atoms with E-state index in [0.29, 0.717) is 6.10 Å². The molecule has 3 atom stereocenters. The van der Waals surface area contributed by atoms with Crippen LogP contribution in [0.4, 0.5) is 0 Å². The van der Waals surface area contributed by atoms with Gasteiger partial charge in [-0.15, -0.1) is 0 Å². The van der Waals surface area contributed by atoms with Crippen LogP contribution in [0.15, 0.2) is 0 Å². The number of ether oxygens (including phenoxy) is 1. The molecule has 0 saturated carbocycles. The van der Waals surface area contributed by atoms with Gasteiger partial charge in [0.1, 0.15) is 0 Å². The van der Waals surface area contributed by atoms with E-state index in [2.05, 4.69) is 13.8 Å². The van der Waals surface area contributed by atoms with Gasteiger partial charge < -0.3 is 10.5 Å². The van der Waals surface area contributed by atoms with Gasteiger partial charge >= 0.3 is 0 Å². The van der Waals surface area contributed by atoms with Crippen LogP contribution in [0.1, 0.15) is 39.5 Å². The highest BCUT2D eigenvalue weighted by molar-refractivity contribution is 4.78. The number of hydrogen-bond acceptors (Lipinski definition) is 2. The summed E-state index contributed by atoms with van der Waals surface area (Å²) >= 11 is 0. The van der Waals surface area contributed by atoms with E-state index in [-0.39, 0.29) is 12.1 Å². The minimum absolute atomic E-state index is 0.264. The van der Waals surface area contributed by atoms with Crippen molar-refractivity contribution in [2.45, 2.75) is 57.8 Å². The molecular weight excluding hydrogens is 138 g/mol. The van der Waals surface area contributed by atoms with Crippen LogP contribution in [0.3, 0.4) is 0 Å². The van der Waals surface area contributed by atoms with Crippen LogP contribution in [0.25, 0.3) is 0 Å². The van der Waals surface area contributed by atoms with Crippen molar-refractivity contribution in [3.8, 4) is 0 Å². The van der Waals surface area contributed by atoms with Crippen molar-refractivity contribution in [1.82, 2.24) is 0 Å². The molecule has 0 bridgehead atoms. The van der Waals surface area contributed by atoms with Crippen LogP contribution in [-0.2, 0) is 4.74 Å². The molecule has 11 heavy (non-hydrogen) atoms. The molecule has 0 amide bonds. The SMILES string of the molecule is CCCC1CCC(N)C(C)O1. The minimum atomic E-state index is 0.264. The summed E-state index contributed by atoms with van der Waals surface area (Å²) in [4.78, 5) is 0. The van der Waals surface area contributed by atoms with Crippen molar-refractivity contribution >= 4 is 0 Å². The summed E-state index contributed by atoms with van der Waals surface area (Å²) in [6, 6.07) is 0.267. The van der Waals surface area contributed by atoms with Gasteiger partial charge in [-0.1, -0.05) is 13.3 Å². The standard InChI is InChI=1S/C9H19NO/c1-3-4-8-5-6-9(10)7(2)11-8/h7-9H,3-6,10H2,1-2H3. The van der Waals surface area contributed by atoms with Crippen molar-refractivity contribution in [3.63, 3.8) is 0 Å². The largest absolute Gasteiger partial charge is 0.374 e. The summed E-state index contributed by atoms with van der Waals surface area (Å²) < 4.78 is 5.71. The minimum Gasteiger partial charge on any atom is -0.374 e. The molecule has 0 aromatic heterocycles. The molecule has 1 aliphatic heterocycles. The molecule has 0 spiro atoms. The summed E-state index contributed by atoms with van der Waals surface area (Å²) in [5.41, 5.74) is 5.81. The summed E-state index contributed by atoms with van der Waals surface area (Å²) in [6.45, 7) is 4.27. The third-order valence-corrected chi connectivity index (χ3v) is 2.44. The van der Waals surface area contributed by atoms with Crippen molar-refractivity contribution in [2.24, 2.45) is 5.73 Å². The predicted molar refractivity (Wildman–Crippen MR) is 46.5 cm³/mol. The topological polar surface area (TPSA) is 35.2 Å². The molecule has 2 heteroatoms. The molecule has 2 N–H and O–H groups in total. The fourth-order valence-electron chi connectivity index (χ4n) is 1.62. The fraction of sp³-hybridized carbons (Fsp3) is 1.00. The number of hydrogen-bond donors (Lipinski definition) is 1. The molecule has 1 rings (SSSR count). The maximum atomic E-state index is 5.81. The average molecular weight is 157 g/mol. The second-order valence-electron chi connectivity index (χ2n) is 3.49. The number of rotatable bonds is 2. The second-order valence-corrected chi connectivity index (χ2v) is 3.49. The predicted octanol–water partition coefficient (Wildman–Crippen LogP) is 1.68. The van der Waals surface area contributed by atoms with Gasteiger partial charge in [0.05, 0.1) is 12.2 Å². The second kappa shape index (κ2) is 4.07. The molecule has 1 heterocycles. The first-order valence-corrected chi connectivity index (χ1v) is 4.65. The maximum Gasteiger partial charge on any atom is 0.0701 e. The number of nitrogens with two attached hydrogens (primary N) is 1. The van der Waals surface area contributed by atoms with Gasteiger partial charge in [-0.25, -0.2) is 0 Å². The summed E-state index contributed by atoms with van der Waals surface area (Å²) in [5, 5.41) is 0. The van der Waals surface area contributed by atoms with E-state index in [4.69, 9.17) is 10.5 Å². The zero-order chi connectivity index (χ0) is 8.27. The van der Waals surface area contributed by atoms with Crippen molar-refractivity contribution in [1.29, 1.82) is 0 Å². The third kappa shape index (κ3) is 2.46. The highest BCUT2D eigenvalue weighted by atomic mass is 16.5. The van der Waals surface area contributed by atoms with E-state index in [1.165, 1.54) is 12.8 Å². The van der Waals surface area contributed by atoms with E-state index in [1.807, 2.05) is 0 Å². The monoisotopic (exact) mass is 157 g/mol. The molecular formula is C9H19NO. The van der Waals surface area contributed by atoms with E-state index in [9.17, 15) is 0 Å². The highest BCUT2D eigenvalue weighted by Crippen LogP contribution is 2.20. The zero-order valence-corrected chi connectivity index (χ0v) is 7.55. The van der Waals surface area contributed by atoms with Crippen molar-refractivity contribution in [2.75, 3.05) is 0 Å². The molecule has 0 aromatic rings. The van der Waals surface area contributed by atoms with Crippen LogP contribution in [-0.4, -0.2) is 18.2 Å². The summed E-state index contributed by atoms with van der Waals surface area (Å²) in [5.74, 6) is 0. The Morgan fingerprint density at radius 3 is 2.73 bits per heavy atom. The molecule has 1 fully saturated rings. The Kier molecular flexibility index (Phi) is 3.34. The smallest absolute Gasteiger partial charge is 0.0701 e. The lowest BCUT2D eigenvalue weighted by Crippen LogP contribution is -2.42. The van der Waals surface area contributed by atoms with Crippen molar-refractivity contribution < 1.29 is 4.74 Å². The van der Waals surface area contributed by atoms with Gasteiger partial charge in [0.25, 0.3) is 0 Å². The van der Waals surface area contributed by atoms with Gasteiger partial charge in [0.15, 0.2) is 0 Å². The van der Waals surface area contributed by atoms with Crippen LogP contribution in [0.5, 0.6) is 0 Å². The first kappa shape index (κ1) is 9.01. The molecule has 0 radical (unpaired) electrons. The molecule has 66 valence electrons. The Balaban J connectivity index is 2.28. The Bertz CT molecular complexity index is 116. The van der Waals surface area contributed by atoms with Gasteiger partial charge in [0, 0.05) is 6.04 Å². The average Bonchev–Trinajstić information content (AvgIpc) is 1.98. The first-order valence-electron chi connectivity index (χ1n) is 4.65. The van der Waals surface area contributed by atoms with Gasteiger partial charge in [-0.05, 0) is 26.2 Å². The van der Waals surface area contributed by atoms with E-state index < -0.39 is 0 Å². The quantitative estimate of drug-likeness (QED) is 0.662. The van der Waals surface area contributed by atoms with Gasteiger partial charge in [0.2, 0.25) is 0 Å². The molecule has 1 saturated heterocycles. The van der Waals surface area contributed by atoms with Crippen LogP contribution in [0, 0.1) is 0 Å². The Labute approximate surface area is 69.1 Å². The first-order chi connectivity index (χ1) is 5.24. The zero-order valence-electron chi connectivity index (χ0n) is 7.55. The molecule has 3 unspecified atom stereocenters. The van der Waals surface area contributed by atoms with E-state index in [0.717, 1.165) is 12.8 Å². The lowest BCUT2D eigenvalue weighted by Gasteiger charge is -2.32. The third-order valence-electron chi connectivity index (χ3n) is 2.44. The lowest BCUT2D eigenvalue weighted by atomic mass is 9.98. The molecule has 1 aliphatic rings. The normalized spacial score (nSPS) is 39.0.